The number of hydrogen-bond donors (Lipinski definition) is 1. The van der Waals surface area contributed by atoms with Crippen molar-refractivity contribution in [3.63, 3.8) is 0 Å². The summed E-state index contributed by atoms with van der Waals surface area (Å²) in [7, 11) is 0. The maximum atomic E-state index is 12.8. The van der Waals surface area contributed by atoms with Gasteiger partial charge in [0.25, 0.3) is 5.91 Å². The molecule has 2 aromatic heterocycles. The first-order valence-electron chi connectivity index (χ1n) is 7.07. The van der Waals surface area contributed by atoms with Crippen LogP contribution < -0.4 is 5.32 Å². The molecule has 1 amide bonds. The van der Waals surface area contributed by atoms with E-state index in [0.29, 0.717) is 41.8 Å². The predicted octanol–water partition coefficient (Wildman–Crippen LogP) is 1.90. The van der Waals surface area contributed by atoms with E-state index in [1.807, 2.05) is 23.1 Å². The highest BCUT2D eigenvalue weighted by Gasteiger charge is 2.28. The Kier molecular flexibility index (Phi) is 5.15. The van der Waals surface area contributed by atoms with Crippen LogP contribution in [0.1, 0.15) is 23.0 Å². The molecule has 3 heterocycles. The van der Waals surface area contributed by atoms with Gasteiger partial charge >= 0.3 is 0 Å². The molecule has 0 bridgehead atoms. The van der Waals surface area contributed by atoms with Gasteiger partial charge in [0, 0.05) is 31.9 Å². The topological polar surface area (TPSA) is 71.3 Å². The van der Waals surface area contributed by atoms with Crippen molar-refractivity contribution in [3.8, 4) is 11.4 Å². The van der Waals surface area contributed by atoms with Crippen molar-refractivity contribution in [2.45, 2.75) is 19.9 Å². The highest BCUT2D eigenvalue weighted by molar-refractivity contribution is 6.00. The molecule has 0 radical (unpaired) electrons. The molecule has 1 saturated heterocycles. The molecule has 0 unspecified atom stereocenters. The van der Waals surface area contributed by atoms with Crippen molar-refractivity contribution >= 4 is 18.3 Å². The van der Waals surface area contributed by atoms with Crippen LogP contribution in [0.25, 0.3) is 11.4 Å². The number of hydrogen-bond acceptors (Lipinski definition) is 5. The number of halogens is 1. The van der Waals surface area contributed by atoms with Crippen molar-refractivity contribution in [1.82, 2.24) is 20.4 Å². The normalized spacial score (nSPS) is 17.9. The van der Waals surface area contributed by atoms with Crippen molar-refractivity contribution in [3.05, 3.63) is 35.7 Å². The summed E-state index contributed by atoms with van der Waals surface area (Å²) in [6.07, 6.45) is 1.68. The number of aryl methyl sites for hydroxylation is 1. The van der Waals surface area contributed by atoms with Crippen LogP contribution in [0.3, 0.4) is 0 Å². The van der Waals surface area contributed by atoms with Crippen LogP contribution in [0.2, 0.25) is 0 Å². The van der Waals surface area contributed by atoms with Gasteiger partial charge in [0.1, 0.15) is 17.0 Å². The van der Waals surface area contributed by atoms with Crippen LogP contribution in [0.15, 0.2) is 28.9 Å². The highest BCUT2D eigenvalue weighted by Crippen LogP contribution is 2.25. The fourth-order valence-corrected chi connectivity index (χ4v) is 2.58. The van der Waals surface area contributed by atoms with Gasteiger partial charge in [-0.25, -0.2) is 0 Å². The third-order valence-electron chi connectivity index (χ3n) is 3.64. The first kappa shape index (κ1) is 16.5. The number of aromatic nitrogens is 2. The van der Waals surface area contributed by atoms with Gasteiger partial charge in [0.15, 0.2) is 0 Å². The molecule has 1 N–H and O–H groups in total. The first-order chi connectivity index (χ1) is 10.2. The fourth-order valence-electron chi connectivity index (χ4n) is 2.58. The largest absolute Gasteiger partial charge is 0.360 e. The van der Waals surface area contributed by atoms with Crippen LogP contribution in [0.5, 0.6) is 0 Å². The maximum absolute atomic E-state index is 12.8. The number of carbonyl (C=O) groups excluding carboxylic acids is 1. The Bertz CT molecular complexity index is 644. The molecule has 0 spiro atoms. The standard InChI is InChI=1S/C15H18N4O2.ClH/c1-10-9-19(8-7-16-10)15(20)13-11(2)21-18-14(13)12-5-3-4-6-17-12;/h3-6,10,16H,7-9H2,1-2H3;1H/t10-;/m1./s1. The second-order valence-corrected chi connectivity index (χ2v) is 5.28. The van der Waals surface area contributed by atoms with E-state index in [-0.39, 0.29) is 18.3 Å². The molecule has 2 aromatic rings. The lowest BCUT2D eigenvalue weighted by Gasteiger charge is -2.31. The van der Waals surface area contributed by atoms with Gasteiger partial charge < -0.3 is 14.7 Å². The monoisotopic (exact) mass is 322 g/mol. The van der Waals surface area contributed by atoms with Gasteiger partial charge in [0.05, 0.1) is 5.69 Å². The average Bonchev–Trinajstić information content (AvgIpc) is 2.89. The van der Waals surface area contributed by atoms with Gasteiger partial charge in [-0.1, -0.05) is 11.2 Å². The molecular weight excluding hydrogens is 304 g/mol. The summed E-state index contributed by atoms with van der Waals surface area (Å²) in [5.74, 6) is 0.495. The minimum absolute atomic E-state index is 0. The molecule has 3 rings (SSSR count). The Morgan fingerprint density at radius 2 is 2.27 bits per heavy atom. The molecule has 22 heavy (non-hydrogen) atoms. The maximum Gasteiger partial charge on any atom is 0.259 e. The summed E-state index contributed by atoms with van der Waals surface area (Å²) in [6, 6.07) is 5.82. The molecule has 0 saturated carbocycles. The van der Waals surface area contributed by atoms with Crippen LogP contribution in [-0.4, -0.2) is 46.6 Å². The van der Waals surface area contributed by atoms with Crippen molar-refractivity contribution < 1.29 is 9.32 Å². The van der Waals surface area contributed by atoms with E-state index in [4.69, 9.17) is 4.52 Å². The molecule has 6 nitrogen and oxygen atoms in total. The molecule has 1 aliphatic heterocycles. The number of piperazine rings is 1. The van der Waals surface area contributed by atoms with Crippen LogP contribution >= 0.6 is 12.4 Å². The van der Waals surface area contributed by atoms with Crippen LogP contribution in [0.4, 0.5) is 0 Å². The van der Waals surface area contributed by atoms with E-state index in [0.717, 1.165) is 6.54 Å². The third-order valence-corrected chi connectivity index (χ3v) is 3.64. The molecular formula is C15H19ClN4O2. The lowest BCUT2D eigenvalue weighted by atomic mass is 10.1. The van der Waals surface area contributed by atoms with Gasteiger partial charge in [-0.3, -0.25) is 9.78 Å². The van der Waals surface area contributed by atoms with Crippen LogP contribution in [0, 0.1) is 6.92 Å². The molecule has 0 aromatic carbocycles. The predicted molar refractivity (Wildman–Crippen MR) is 85.1 cm³/mol. The molecule has 1 aliphatic rings. The molecule has 118 valence electrons. The summed E-state index contributed by atoms with van der Waals surface area (Å²) in [5, 5.41) is 7.35. The Hall–Kier alpha value is -1.92. The minimum Gasteiger partial charge on any atom is -0.360 e. The number of nitrogens with one attached hydrogen (secondary N) is 1. The quantitative estimate of drug-likeness (QED) is 0.914. The van der Waals surface area contributed by atoms with E-state index >= 15 is 0 Å². The summed E-state index contributed by atoms with van der Waals surface area (Å²) < 4.78 is 5.24. The van der Waals surface area contributed by atoms with Gasteiger partial charge in [-0.2, -0.15) is 0 Å². The smallest absolute Gasteiger partial charge is 0.259 e. The Morgan fingerprint density at radius 3 is 2.95 bits per heavy atom. The molecule has 7 heteroatoms. The second-order valence-electron chi connectivity index (χ2n) is 5.28. The summed E-state index contributed by atoms with van der Waals surface area (Å²) in [5.41, 5.74) is 1.69. The zero-order chi connectivity index (χ0) is 14.8. The van der Waals surface area contributed by atoms with Gasteiger partial charge in [-0.15, -0.1) is 12.4 Å². The fraction of sp³-hybridized carbons (Fsp3) is 0.400. The van der Waals surface area contributed by atoms with Crippen molar-refractivity contribution in [1.29, 1.82) is 0 Å². The first-order valence-corrected chi connectivity index (χ1v) is 7.07. The van der Waals surface area contributed by atoms with E-state index in [1.54, 1.807) is 13.1 Å². The Labute approximate surface area is 135 Å². The lowest BCUT2D eigenvalue weighted by molar-refractivity contribution is 0.0708. The van der Waals surface area contributed by atoms with Gasteiger partial charge in [0.2, 0.25) is 0 Å². The number of rotatable bonds is 2. The Balaban J connectivity index is 0.00000176. The van der Waals surface area contributed by atoms with E-state index in [9.17, 15) is 4.79 Å². The average molecular weight is 323 g/mol. The van der Waals surface area contributed by atoms with E-state index in [1.165, 1.54) is 0 Å². The lowest BCUT2D eigenvalue weighted by Crippen LogP contribution is -2.51. The summed E-state index contributed by atoms with van der Waals surface area (Å²) in [4.78, 5) is 18.9. The van der Waals surface area contributed by atoms with Gasteiger partial charge in [-0.05, 0) is 26.0 Å². The van der Waals surface area contributed by atoms with Crippen molar-refractivity contribution in [2.75, 3.05) is 19.6 Å². The van der Waals surface area contributed by atoms with E-state index in [2.05, 4.69) is 22.4 Å². The zero-order valence-corrected chi connectivity index (χ0v) is 13.4. The SMILES string of the molecule is Cc1onc(-c2ccccn2)c1C(=O)N1CCN[C@H](C)C1.Cl. The second kappa shape index (κ2) is 6.89. The minimum atomic E-state index is -0.0391. The summed E-state index contributed by atoms with van der Waals surface area (Å²) in [6.45, 7) is 6.01. The molecule has 1 fully saturated rings. The zero-order valence-electron chi connectivity index (χ0n) is 12.6. The molecule has 1 atom stereocenters. The number of amides is 1. The highest BCUT2D eigenvalue weighted by atomic mass is 35.5. The van der Waals surface area contributed by atoms with Crippen LogP contribution in [-0.2, 0) is 0 Å². The number of nitrogens with zero attached hydrogens (tertiary/aromatic N) is 3. The number of carbonyl (C=O) groups is 1. The molecule has 0 aliphatic carbocycles. The van der Waals surface area contributed by atoms with E-state index < -0.39 is 0 Å². The third kappa shape index (κ3) is 3.13. The number of pyridine rings is 1. The van der Waals surface area contributed by atoms with Crippen molar-refractivity contribution in [2.24, 2.45) is 0 Å². The Morgan fingerprint density at radius 1 is 1.45 bits per heavy atom. The summed E-state index contributed by atoms with van der Waals surface area (Å²) >= 11 is 0.